The Kier molecular flexibility index (Phi) is 3.95. The van der Waals surface area contributed by atoms with E-state index < -0.39 is 11.9 Å². The molecule has 0 radical (unpaired) electrons. The second kappa shape index (κ2) is 5.66. The second-order valence-corrected chi connectivity index (χ2v) is 7.15. The Morgan fingerprint density at radius 2 is 2.26 bits per heavy atom. The van der Waals surface area contributed by atoms with E-state index in [-0.39, 0.29) is 26.7 Å². The molecule has 1 heterocycles. The molecule has 0 bridgehead atoms. The maximum atomic E-state index is 14.3. The Labute approximate surface area is 141 Å². The first-order valence-corrected chi connectivity index (χ1v) is 8.26. The highest BCUT2D eigenvalue weighted by atomic mass is 35.5. The van der Waals surface area contributed by atoms with Gasteiger partial charge in [0.1, 0.15) is 16.4 Å². The largest absolute Gasteiger partial charge is 0.476 e. The first-order chi connectivity index (χ1) is 10.8. The number of halogens is 2. The zero-order valence-corrected chi connectivity index (χ0v) is 14.2. The topological polar surface area (TPSA) is 44.1 Å². The summed E-state index contributed by atoms with van der Waals surface area (Å²) in [6.07, 6.45) is 6.71. The Balaban J connectivity index is 2.06. The fraction of sp³-hybridized carbons (Fsp3) is 0.375. The molecule has 1 fully saturated rings. The van der Waals surface area contributed by atoms with Crippen LogP contribution in [-0.2, 0) is 5.41 Å². The van der Waals surface area contributed by atoms with Crippen molar-refractivity contribution in [1.29, 1.82) is 0 Å². The maximum Gasteiger partial charge on any atom is 0.329 e. The smallest absolute Gasteiger partial charge is 0.329 e. The molecule has 0 N–H and O–H groups in total. The first-order valence-electron chi connectivity index (χ1n) is 7.07. The third kappa shape index (κ3) is 2.99. The molecule has 0 spiro atoms. The number of benzene rings is 1. The average Bonchev–Trinajstić information content (AvgIpc) is 3.13. The van der Waals surface area contributed by atoms with E-state index in [0.717, 1.165) is 39.9 Å². The molecule has 0 aliphatic heterocycles. The molecule has 1 aliphatic carbocycles. The lowest BCUT2D eigenvalue weighted by molar-refractivity contribution is 0.278. The summed E-state index contributed by atoms with van der Waals surface area (Å²) in [5.74, 6) is 1.97. The monoisotopic (exact) mass is 352 g/mol. The number of ether oxygens (including phenoxy) is 1. The summed E-state index contributed by atoms with van der Waals surface area (Å²) >= 11 is 7.02. The minimum Gasteiger partial charge on any atom is -0.476 e. The van der Waals surface area contributed by atoms with E-state index in [1.165, 1.54) is 6.07 Å². The minimum absolute atomic E-state index is 0.00497. The van der Waals surface area contributed by atoms with Crippen molar-refractivity contribution in [3.63, 3.8) is 0 Å². The zero-order chi connectivity index (χ0) is 16.8. The van der Waals surface area contributed by atoms with Crippen LogP contribution in [-0.4, -0.2) is 15.9 Å². The van der Waals surface area contributed by atoms with Crippen molar-refractivity contribution in [2.45, 2.75) is 38.2 Å². The molecule has 1 aromatic heterocycles. The van der Waals surface area contributed by atoms with Crippen molar-refractivity contribution < 1.29 is 9.13 Å². The third-order valence-corrected chi connectivity index (χ3v) is 5.24. The number of hydrogen-bond acceptors (Lipinski definition) is 4. The molecule has 1 saturated carbocycles. The number of nitrogens with zero attached hydrogens (tertiary/aromatic N) is 2. The lowest BCUT2D eigenvalue weighted by atomic mass is 10.2. The van der Waals surface area contributed by atoms with Gasteiger partial charge in [-0.2, -0.15) is 9.78 Å². The van der Waals surface area contributed by atoms with Crippen LogP contribution in [0.3, 0.4) is 0 Å². The van der Waals surface area contributed by atoms with Crippen molar-refractivity contribution in [2.75, 3.05) is 0 Å². The van der Waals surface area contributed by atoms with Crippen molar-refractivity contribution in [1.82, 2.24) is 9.78 Å². The Morgan fingerprint density at radius 1 is 1.57 bits per heavy atom. The van der Waals surface area contributed by atoms with E-state index in [0.29, 0.717) is 0 Å². The Hall–Kier alpha value is -1.84. The van der Waals surface area contributed by atoms with Crippen molar-refractivity contribution in [3.05, 3.63) is 37.6 Å². The van der Waals surface area contributed by atoms with Gasteiger partial charge in [-0.15, -0.1) is 6.42 Å². The standard InChI is InChI=1S/C16H14ClFN2O2S/c1-4-9(2)22-13-8-12(11(18)7-10(13)17)20-15(21)23-14(19-20)16(3)5-6-16/h1,7-9H,5-6H2,2-3H3. The zero-order valence-electron chi connectivity index (χ0n) is 12.6. The molecule has 23 heavy (non-hydrogen) atoms. The van der Waals surface area contributed by atoms with Gasteiger partial charge in [-0.05, 0) is 25.8 Å². The molecule has 1 unspecified atom stereocenters. The molecule has 1 aromatic carbocycles. The number of terminal acetylenes is 1. The van der Waals surface area contributed by atoms with Crippen molar-refractivity contribution >= 4 is 22.9 Å². The van der Waals surface area contributed by atoms with E-state index in [9.17, 15) is 9.18 Å². The van der Waals surface area contributed by atoms with Gasteiger partial charge in [0.25, 0.3) is 0 Å². The third-order valence-electron chi connectivity index (χ3n) is 3.83. The summed E-state index contributed by atoms with van der Waals surface area (Å²) in [4.78, 5) is 11.8. The van der Waals surface area contributed by atoms with Crippen LogP contribution in [0.15, 0.2) is 16.9 Å². The van der Waals surface area contributed by atoms with Gasteiger partial charge in [0.15, 0.2) is 11.9 Å². The summed E-state index contributed by atoms with van der Waals surface area (Å²) in [6, 6.07) is 2.45. The van der Waals surface area contributed by atoms with Crippen LogP contribution in [0.1, 0.15) is 31.7 Å². The van der Waals surface area contributed by atoms with Gasteiger partial charge in [-0.25, -0.2) is 4.39 Å². The number of hydrogen-bond donors (Lipinski definition) is 0. The van der Waals surface area contributed by atoms with Crippen LogP contribution in [0.25, 0.3) is 5.69 Å². The highest BCUT2D eigenvalue weighted by molar-refractivity contribution is 7.09. The maximum absolute atomic E-state index is 14.3. The second-order valence-electron chi connectivity index (χ2n) is 5.81. The van der Waals surface area contributed by atoms with Crippen molar-refractivity contribution in [2.24, 2.45) is 0 Å². The molecule has 3 rings (SSSR count). The van der Waals surface area contributed by atoms with Gasteiger partial charge >= 0.3 is 4.87 Å². The van der Waals surface area contributed by atoms with Gasteiger partial charge in [0.2, 0.25) is 0 Å². The molecular formula is C16H14ClFN2O2S. The lowest BCUT2D eigenvalue weighted by Crippen LogP contribution is -2.15. The molecule has 4 nitrogen and oxygen atoms in total. The predicted molar refractivity (Wildman–Crippen MR) is 88.2 cm³/mol. The van der Waals surface area contributed by atoms with E-state index in [2.05, 4.69) is 11.0 Å². The molecule has 1 aliphatic rings. The molecule has 120 valence electrons. The summed E-state index contributed by atoms with van der Waals surface area (Å²) in [5, 5.41) is 5.10. The fourth-order valence-corrected chi connectivity index (χ4v) is 3.23. The lowest BCUT2D eigenvalue weighted by Gasteiger charge is -2.12. The minimum atomic E-state index is -0.643. The van der Waals surface area contributed by atoms with E-state index in [4.69, 9.17) is 22.8 Å². The highest BCUT2D eigenvalue weighted by Crippen LogP contribution is 2.47. The van der Waals surface area contributed by atoms with Crippen molar-refractivity contribution in [3.8, 4) is 23.8 Å². The average molecular weight is 353 g/mol. The highest BCUT2D eigenvalue weighted by Gasteiger charge is 2.43. The van der Waals surface area contributed by atoms with Crippen LogP contribution < -0.4 is 9.61 Å². The van der Waals surface area contributed by atoms with Crippen LogP contribution in [0, 0.1) is 18.2 Å². The normalized spacial score (nSPS) is 16.7. The quantitative estimate of drug-likeness (QED) is 0.790. The molecule has 0 amide bonds. The van der Waals surface area contributed by atoms with E-state index in [1.807, 2.05) is 6.92 Å². The SMILES string of the molecule is C#CC(C)Oc1cc(-n2nc(C3(C)CC3)sc2=O)c(F)cc1Cl. The van der Waals surface area contributed by atoms with Gasteiger partial charge in [0.05, 0.1) is 5.02 Å². The Morgan fingerprint density at radius 3 is 2.87 bits per heavy atom. The van der Waals surface area contributed by atoms with Gasteiger partial charge in [-0.1, -0.05) is 35.8 Å². The fourth-order valence-electron chi connectivity index (χ4n) is 2.07. The summed E-state index contributed by atoms with van der Waals surface area (Å²) in [6.45, 7) is 3.71. The molecule has 2 aromatic rings. The van der Waals surface area contributed by atoms with Crippen LogP contribution in [0.5, 0.6) is 5.75 Å². The van der Waals surface area contributed by atoms with E-state index in [1.54, 1.807) is 6.92 Å². The molecular weight excluding hydrogens is 339 g/mol. The van der Waals surface area contributed by atoms with Gasteiger partial charge < -0.3 is 4.74 Å². The van der Waals surface area contributed by atoms with E-state index >= 15 is 0 Å². The first kappa shape index (κ1) is 16.0. The molecule has 7 heteroatoms. The number of rotatable bonds is 4. The van der Waals surface area contributed by atoms with Crippen LogP contribution in [0.4, 0.5) is 4.39 Å². The molecule has 1 atom stereocenters. The summed E-state index contributed by atoms with van der Waals surface area (Å²) < 4.78 is 20.8. The Bertz CT molecular complexity index is 864. The van der Waals surface area contributed by atoms with Gasteiger partial charge in [-0.3, -0.25) is 4.79 Å². The van der Waals surface area contributed by atoms with Gasteiger partial charge in [0, 0.05) is 11.5 Å². The van der Waals surface area contributed by atoms with Crippen LogP contribution in [0.2, 0.25) is 5.02 Å². The predicted octanol–water partition coefficient (Wildman–Crippen LogP) is 3.54. The molecule has 0 saturated heterocycles. The van der Waals surface area contributed by atoms with Crippen LogP contribution >= 0.6 is 22.9 Å². The summed E-state index contributed by atoms with van der Waals surface area (Å²) in [7, 11) is 0. The summed E-state index contributed by atoms with van der Waals surface area (Å²) in [5.41, 5.74) is -0.0553. The number of aromatic nitrogens is 2.